The predicted molar refractivity (Wildman–Crippen MR) is 141 cm³/mol. The number of nitrogens with zero attached hydrogens (tertiary/aromatic N) is 3. The summed E-state index contributed by atoms with van der Waals surface area (Å²) in [6.45, 7) is 3.87. The monoisotopic (exact) mass is 543 g/mol. The molecule has 196 valence electrons. The highest BCUT2D eigenvalue weighted by Crippen LogP contribution is 2.40. The van der Waals surface area contributed by atoms with E-state index >= 15 is 0 Å². The number of benzene rings is 1. The smallest absolute Gasteiger partial charge is 0.341 e. The van der Waals surface area contributed by atoms with Crippen LogP contribution in [0.3, 0.4) is 0 Å². The number of para-hydroxylation sites is 1. The Kier molecular flexibility index (Phi) is 8.82. The van der Waals surface area contributed by atoms with Gasteiger partial charge in [0.2, 0.25) is 5.91 Å². The number of ether oxygens (including phenoxy) is 2. The summed E-state index contributed by atoms with van der Waals surface area (Å²) in [5, 5.41) is 14.6. The first-order valence-electron chi connectivity index (χ1n) is 12.0. The van der Waals surface area contributed by atoms with Gasteiger partial charge in [0.25, 0.3) is 5.91 Å². The van der Waals surface area contributed by atoms with Crippen LogP contribution >= 0.6 is 23.1 Å². The van der Waals surface area contributed by atoms with Crippen LogP contribution < -0.4 is 15.4 Å². The van der Waals surface area contributed by atoms with Crippen LogP contribution in [0.15, 0.2) is 35.5 Å². The fourth-order valence-corrected chi connectivity index (χ4v) is 5.95. The quantitative estimate of drug-likeness (QED) is 0.279. The average Bonchev–Trinajstić information content (AvgIpc) is 3.57. The molecule has 37 heavy (non-hydrogen) atoms. The van der Waals surface area contributed by atoms with Gasteiger partial charge in [-0.2, -0.15) is 0 Å². The van der Waals surface area contributed by atoms with Gasteiger partial charge in [0, 0.05) is 11.9 Å². The molecule has 2 aromatic heterocycles. The molecule has 4 rings (SSSR count). The van der Waals surface area contributed by atoms with Gasteiger partial charge in [-0.05, 0) is 50.8 Å². The SMILES string of the molecule is CCOC(=O)c1c(NC(=O)C(C)Sc2nnc(CNC(=O)COc3ccccc3)n2C)sc2c1CCC2. The van der Waals surface area contributed by atoms with Crippen LogP contribution in [0.5, 0.6) is 5.75 Å². The van der Waals surface area contributed by atoms with Gasteiger partial charge in [0.05, 0.1) is 24.0 Å². The van der Waals surface area contributed by atoms with Crippen LogP contribution in [0.1, 0.15) is 46.9 Å². The number of aryl methyl sites for hydroxylation is 1. The van der Waals surface area contributed by atoms with Crippen molar-refractivity contribution in [2.24, 2.45) is 7.05 Å². The number of hydrogen-bond donors (Lipinski definition) is 2. The van der Waals surface area contributed by atoms with Gasteiger partial charge in [-0.25, -0.2) is 4.79 Å². The molecule has 0 fully saturated rings. The number of amides is 2. The molecule has 1 unspecified atom stereocenters. The predicted octanol–water partition coefficient (Wildman–Crippen LogP) is 3.36. The Labute approximate surface area is 223 Å². The number of carbonyl (C=O) groups is 3. The largest absolute Gasteiger partial charge is 0.484 e. The van der Waals surface area contributed by atoms with E-state index in [-0.39, 0.29) is 31.6 Å². The van der Waals surface area contributed by atoms with E-state index in [0.29, 0.717) is 27.3 Å². The highest BCUT2D eigenvalue weighted by Gasteiger charge is 2.29. The summed E-state index contributed by atoms with van der Waals surface area (Å²) in [4.78, 5) is 38.8. The van der Waals surface area contributed by atoms with Gasteiger partial charge in [-0.15, -0.1) is 21.5 Å². The van der Waals surface area contributed by atoms with Crippen LogP contribution in [-0.4, -0.2) is 51.0 Å². The highest BCUT2D eigenvalue weighted by molar-refractivity contribution is 8.00. The van der Waals surface area contributed by atoms with Gasteiger partial charge < -0.3 is 24.7 Å². The van der Waals surface area contributed by atoms with Crippen molar-refractivity contribution in [3.05, 3.63) is 52.2 Å². The lowest BCUT2D eigenvalue weighted by atomic mass is 10.1. The minimum Gasteiger partial charge on any atom is -0.484 e. The van der Waals surface area contributed by atoms with Crippen LogP contribution in [0.2, 0.25) is 0 Å². The number of rotatable bonds is 11. The number of aromatic nitrogens is 3. The zero-order valence-electron chi connectivity index (χ0n) is 20.9. The number of hydrogen-bond acceptors (Lipinski definition) is 9. The third-order valence-corrected chi connectivity index (χ3v) is 8.11. The number of nitrogens with one attached hydrogen (secondary N) is 2. The molecule has 0 bridgehead atoms. The first-order chi connectivity index (χ1) is 17.9. The molecule has 1 aliphatic carbocycles. The van der Waals surface area contributed by atoms with Crippen molar-refractivity contribution in [3.63, 3.8) is 0 Å². The van der Waals surface area contributed by atoms with E-state index in [2.05, 4.69) is 20.8 Å². The molecular formula is C25H29N5O5S2. The first-order valence-corrected chi connectivity index (χ1v) is 13.7. The fourth-order valence-electron chi connectivity index (χ4n) is 3.83. The number of fused-ring (bicyclic) bond motifs is 1. The standard InChI is InChI=1S/C25H29N5O5S2/c1-4-34-24(33)21-17-11-8-12-18(17)37-23(21)27-22(32)15(2)36-25-29-28-19(30(25)3)13-26-20(31)14-35-16-9-6-5-7-10-16/h5-7,9-10,15H,4,8,11-14H2,1-3H3,(H,26,31)(H,27,32). The zero-order chi connectivity index (χ0) is 26.4. The molecule has 1 aromatic carbocycles. The van der Waals surface area contributed by atoms with E-state index < -0.39 is 11.2 Å². The Balaban J connectivity index is 1.32. The summed E-state index contributed by atoms with van der Waals surface area (Å²) in [5.41, 5.74) is 1.48. The maximum absolute atomic E-state index is 13.0. The van der Waals surface area contributed by atoms with Crippen LogP contribution in [-0.2, 0) is 40.8 Å². The molecule has 0 saturated carbocycles. The van der Waals surface area contributed by atoms with Crippen molar-refractivity contribution in [2.45, 2.75) is 50.1 Å². The van der Waals surface area contributed by atoms with Gasteiger partial charge in [-0.3, -0.25) is 9.59 Å². The molecule has 0 aliphatic heterocycles. The topological polar surface area (TPSA) is 124 Å². The summed E-state index contributed by atoms with van der Waals surface area (Å²) in [7, 11) is 1.78. The molecule has 1 aliphatic rings. The summed E-state index contributed by atoms with van der Waals surface area (Å²) >= 11 is 2.69. The number of carbonyl (C=O) groups excluding carboxylic acids is 3. The summed E-state index contributed by atoms with van der Waals surface area (Å²) in [5.74, 6) is 0.235. The Hall–Kier alpha value is -3.38. The maximum Gasteiger partial charge on any atom is 0.341 e. The lowest BCUT2D eigenvalue weighted by Crippen LogP contribution is -2.29. The zero-order valence-corrected chi connectivity index (χ0v) is 22.5. The van der Waals surface area contributed by atoms with Crippen molar-refractivity contribution in [2.75, 3.05) is 18.5 Å². The van der Waals surface area contributed by atoms with Crippen molar-refractivity contribution in [1.29, 1.82) is 0 Å². The lowest BCUT2D eigenvalue weighted by Gasteiger charge is -2.12. The molecule has 0 spiro atoms. The molecule has 10 nitrogen and oxygen atoms in total. The Morgan fingerprint density at radius 2 is 1.97 bits per heavy atom. The van der Waals surface area contributed by atoms with Gasteiger partial charge in [-0.1, -0.05) is 30.0 Å². The molecule has 3 aromatic rings. The number of esters is 1. The van der Waals surface area contributed by atoms with Gasteiger partial charge in [0.15, 0.2) is 17.6 Å². The second-order valence-electron chi connectivity index (χ2n) is 8.37. The van der Waals surface area contributed by atoms with Gasteiger partial charge in [0.1, 0.15) is 10.8 Å². The normalized spacial score (nSPS) is 13.1. The summed E-state index contributed by atoms with van der Waals surface area (Å²) in [6, 6.07) is 9.09. The van der Waals surface area contributed by atoms with E-state index in [9.17, 15) is 14.4 Å². The second kappa shape index (κ2) is 12.2. The average molecular weight is 544 g/mol. The third-order valence-electron chi connectivity index (χ3n) is 5.77. The van der Waals surface area contributed by atoms with Crippen LogP contribution in [0.25, 0.3) is 0 Å². The molecule has 0 radical (unpaired) electrons. The summed E-state index contributed by atoms with van der Waals surface area (Å²) < 4.78 is 12.4. The van der Waals surface area contributed by atoms with Crippen molar-refractivity contribution >= 4 is 45.9 Å². The molecule has 12 heteroatoms. The Bertz CT molecular complexity index is 1270. The van der Waals surface area contributed by atoms with E-state index in [0.717, 1.165) is 29.7 Å². The molecule has 2 N–H and O–H groups in total. The van der Waals surface area contributed by atoms with E-state index in [1.807, 2.05) is 18.2 Å². The summed E-state index contributed by atoms with van der Waals surface area (Å²) in [6.07, 6.45) is 2.73. The first kappa shape index (κ1) is 26.7. The maximum atomic E-state index is 13.0. The molecule has 1 atom stereocenters. The highest BCUT2D eigenvalue weighted by atomic mass is 32.2. The van der Waals surface area contributed by atoms with E-state index in [1.54, 1.807) is 37.6 Å². The van der Waals surface area contributed by atoms with E-state index in [1.165, 1.54) is 23.1 Å². The number of anilines is 1. The van der Waals surface area contributed by atoms with E-state index in [4.69, 9.17) is 9.47 Å². The van der Waals surface area contributed by atoms with Crippen LogP contribution in [0.4, 0.5) is 5.00 Å². The Morgan fingerprint density at radius 1 is 1.19 bits per heavy atom. The number of thioether (sulfide) groups is 1. The minimum atomic E-state index is -0.503. The fraction of sp³-hybridized carbons (Fsp3) is 0.400. The van der Waals surface area contributed by atoms with Crippen molar-refractivity contribution in [1.82, 2.24) is 20.1 Å². The number of thiophene rings is 1. The van der Waals surface area contributed by atoms with Crippen LogP contribution in [0, 0.1) is 0 Å². The van der Waals surface area contributed by atoms with Gasteiger partial charge >= 0.3 is 5.97 Å². The molecule has 2 heterocycles. The molecule has 2 amide bonds. The minimum absolute atomic E-state index is 0.111. The van der Waals surface area contributed by atoms with Crippen molar-refractivity contribution < 1.29 is 23.9 Å². The lowest BCUT2D eigenvalue weighted by molar-refractivity contribution is -0.123. The van der Waals surface area contributed by atoms with Crippen molar-refractivity contribution in [3.8, 4) is 5.75 Å². The third kappa shape index (κ3) is 6.50. The molecule has 0 saturated heterocycles. The second-order valence-corrected chi connectivity index (χ2v) is 10.8. The molecular weight excluding hydrogens is 514 g/mol. The Morgan fingerprint density at radius 3 is 2.73 bits per heavy atom.